The first-order chi connectivity index (χ1) is 11.7. The number of Topliss-reactive ketones (excluding diaryl/α,β-unsaturated/α-hetero) is 1. The predicted octanol–water partition coefficient (Wildman–Crippen LogP) is 2.72. The summed E-state index contributed by atoms with van der Waals surface area (Å²) in [7, 11) is 1.46. The lowest BCUT2D eigenvalue weighted by atomic mass is 9.79. The van der Waals surface area contributed by atoms with Crippen LogP contribution in [0.5, 0.6) is 11.5 Å². The molecule has 2 heterocycles. The minimum Gasteiger partial charge on any atom is -0.504 e. The lowest BCUT2D eigenvalue weighted by molar-refractivity contribution is -0.190. The first kappa shape index (κ1) is 17.7. The molecule has 1 N–H and O–H groups in total. The molecule has 0 saturated carbocycles. The highest BCUT2D eigenvalue weighted by Crippen LogP contribution is 2.50. The van der Waals surface area contributed by atoms with Crippen LogP contribution in [-0.4, -0.2) is 41.3 Å². The van der Waals surface area contributed by atoms with E-state index in [1.807, 2.05) is 0 Å². The minimum absolute atomic E-state index is 0.00535. The van der Waals surface area contributed by atoms with E-state index in [-0.39, 0.29) is 17.6 Å². The summed E-state index contributed by atoms with van der Waals surface area (Å²) in [6.45, 7) is 5.29. The first-order valence-electron chi connectivity index (χ1n) is 8.49. The van der Waals surface area contributed by atoms with Crippen molar-refractivity contribution in [3.8, 4) is 11.5 Å². The summed E-state index contributed by atoms with van der Waals surface area (Å²) in [6.07, 6.45) is 1.30. The fourth-order valence-electron chi connectivity index (χ4n) is 3.68. The highest BCUT2D eigenvalue weighted by molar-refractivity contribution is 6.09. The molecule has 0 spiro atoms. The van der Waals surface area contributed by atoms with Crippen LogP contribution in [0.2, 0.25) is 0 Å². The molecule has 136 valence electrons. The van der Waals surface area contributed by atoms with Gasteiger partial charge < -0.3 is 19.3 Å². The Labute approximate surface area is 147 Å². The molecule has 0 unspecified atom stereocenters. The van der Waals surface area contributed by atoms with E-state index in [1.54, 1.807) is 32.9 Å². The summed E-state index contributed by atoms with van der Waals surface area (Å²) in [5.41, 5.74) is -1.61. The molecule has 0 aromatic heterocycles. The topological polar surface area (TPSA) is 82.1 Å². The summed E-state index contributed by atoms with van der Waals surface area (Å²) < 4.78 is 16.6. The van der Waals surface area contributed by atoms with Crippen LogP contribution < -0.4 is 4.74 Å². The summed E-state index contributed by atoms with van der Waals surface area (Å²) >= 11 is 0. The second-order valence-electron chi connectivity index (χ2n) is 7.66. The number of fused-ring (bicyclic) bond motifs is 2. The van der Waals surface area contributed by atoms with Gasteiger partial charge in [-0.3, -0.25) is 4.79 Å². The van der Waals surface area contributed by atoms with Crippen LogP contribution in [0, 0.1) is 0 Å². The smallest absolute Gasteiger partial charge is 0.347 e. The molecule has 2 bridgehead atoms. The van der Waals surface area contributed by atoms with Gasteiger partial charge in [-0.15, -0.1) is 0 Å². The van der Waals surface area contributed by atoms with Gasteiger partial charge in [-0.2, -0.15) is 0 Å². The van der Waals surface area contributed by atoms with Gasteiger partial charge in [0.2, 0.25) is 5.60 Å². The number of phenols is 1. The monoisotopic (exact) mass is 348 g/mol. The maximum absolute atomic E-state index is 13.0. The molecule has 0 aliphatic carbocycles. The number of carbonyl (C=O) groups is 2. The van der Waals surface area contributed by atoms with Crippen LogP contribution in [0.15, 0.2) is 18.2 Å². The fourth-order valence-corrected chi connectivity index (χ4v) is 3.68. The van der Waals surface area contributed by atoms with Crippen molar-refractivity contribution < 1.29 is 28.9 Å². The van der Waals surface area contributed by atoms with Gasteiger partial charge in [-0.25, -0.2) is 4.79 Å². The van der Waals surface area contributed by atoms with Gasteiger partial charge in [0.05, 0.1) is 13.2 Å². The van der Waals surface area contributed by atoms with E-state index >= 15 is 0 Å². The molecule has 0 radical (unpaired) electrons. The molecule has 6 heteroatoms. The van der Waals surface area contributed by atoms with Crippen LogP contribution in [0.1, 0.15) is 51.5 Å². The Morgan fingerprint density at radius 1 is 1.36 bits per heavy atom. The summed E-state index contributed by atoms with van der Waals surface area (Å²) in [4.78, 5) is 25.8. The second kappa shape index (κ2) is 6.02. The largest absolute Gasteiger partial charge is 0.504 e. The number of ether oxygens (including phenoxy) is 3. The average Bonchev–Trinajstić information content (AvgIpc) is 2.86. The van der Waals surface area contributed by atoms with E-state index in [9.17, 15) is 14.7 Å². The summed E-state index contributed by atoms with van der Waals surface area (Å²) in [6, 6.07) is 4.86. The molecule has 3 rings (SSSR count). The third-order valence-corrected chi connectivity index (χ3v) is 4.76. The maximum Gasteiger partial charge on any atom is 0.347 e. The molecule has 25 heavy (non-hydrogen) atoms. The van der Waals surface area contributed by atoms with Crippen molar-refractivity contribution >= 4 is 11.8 Å². The molecule has 6 nitrogen and oxygen atoms in total. The fraction of sp³-hybridized carbons (Fsp3) is 0.579. The predicted molar refractivity (Wildman–Crippen MR) is 89.7 cm³/mol. The quantitative estimate of drug-likeness (QED) is 0.668. The third kappa shape index (κ3) is 2.99. The standard InChI is InChI=1S/C19H24O6/c1-18(2,3)25-17(22)19-13(10-12(24-19)6-8-16(19)21)11-5-7-14(20)15(9-11)23-4/h5,7,9,12-13,20H,6,8,10H2,1-4H3/t12-,13-,19-/m1/s1. The van der Waals surface area contributed by atoms with Crippen molar-refractivity contribution in [3.05, 3.63) is 23.8 Å². The van der Waals surface area contributed by atoms with Crippen LogP contribution >= 0.6 is 0 Å². The van der Waals surface area contributed by atoms with Crippen molar-refractivity contribution in [1.82, 2.24) is 0 Å². The summed E-state index contributed by atoms with van der Waals surface area (Å²) in [5.74, 6) is -1.04. The molecule has 2 saturated heterocycles. The molecule has 3 atom stereocenters. The molecule has 2 aliphatic heterocycles. The van der Waals surface area contributed by atoms with Crippen LogP contribution in [0.3, 0.4) is 0 Å². The highest BCUT2D eigenvalue weighted by Gasteiger charge is 2.63. The number of phenolic OH excluding ortho intramolecular Hbond substituents is 1. The summed E-state index contributed by atoms with van der Waals surface area (Å²) in [5, 5.41) is 9.83. The van der Waals surface area contributed by atoms with Gasteiger partial charge in [0.1, 0.15) is 5.60 Å². The number of hydrogen-bond acceptors (Lipinski definition) is 6. The Kier molecular flexibility index (Phi) is 4.27. The van der Waals surface area contributed by atoms with Gasteiger partial charge in [0.15, 0.2) is 17.3 Å². The minimum atomic E-state index is -1.61. The number of methoxy groups -OCH3 is 1. The van der Waals surface area contributed by atoms with Crippen molar-refractivity contribution in [1.29, 1.82) is 0 Å². The highest BCUT2D eigenvalue weighted by atomic mass is 16.6. The van der Waals surface area contributed by atoms with Gasteiger partial charge in [0.25, 0.3) is 0 Å². The maximum atomic E-state index is 13.0. The van der Waals surface area contributed by atoms with Crippen LogP contribution in [-0.2, 0) is 19.1 Å². The molecule has 0 amide bonds. The van der Waals surface area contributed by atoms with E-state index < -0.39 is 23.1 Å². The second-order valence-corrected chi connectivity index (χ2v) is 7.66. The van der Waals surface area contributed by atoms with Crippen molar-refractivity contribution in [2.75, 3.05) is 7.11 Å². The van der Waals surface area contributed by atoms with Crippen LogP contribution in [0.4, 0.5) is 0 Å². The van der Waals surface area contributed by atoms with E-state index in [0.29, 0.717) is 25.0 Å². The molecule has 2 fully saturated rings. The number of hydrogen-bond donors (Lipinski definition) is 1. The van der Waals surface area contributed by atoms with Gasteiger partial charge >= 0.3 is 5.97 Å². The lowest BCUT2D eigenvalue weighted by Crippen LogP contribution is -2.54. The normalized spacial score (nSPS) is 28.7. The Morgan fingerprint density at radius 3 is 2.72 bits per heavy atom. The first-order valence-corrected chi connectivity index (χ1v) is 8.49. The Morgan fingerprint density at radius 2 is 2.08 bits per heavy atom. The average molecular weight is 348 g/mol. The number of carbonyl (C=O) groups excluding carboxylic acids is 2. The van der Waals surface area contributed by atoms with E-state index in [2.05, 4.69) is 0 Å². The van der Waals surface area contributed by atoms with Crippen molar-refractivity contribution in [2.24, 2.45) is 0 Å². The number of aromatic hydroxyl groups is 1. The van der Waals surface area contributed by atoms with Crippen molar-refractivity contribution in [3.63, 3.8) is 0 Å². The molecule has 1 aromatic carbocycles. The zero-order valence-electron chi connectivity index (χ0n) is 15.0. The van der Waals surface area contributed by atoms with E-state index in [1.165, 1.54) is 13.2 Å². The Bertz CT molecular complexity index is 704. The Balaban J connectivity index is 2.05. The number of rotatable bonds is 3. The van der Waals surface area contributed by atoms with Crippen LogP contribution in [0.25, 0.3) is 0 Å². The molecule has 1 aromatic rings. The van der Waals surface area contributed by atoms with E-state index in [0.717, 1.165) is 5.56 Å². The van der Waals surface area contributed by atoms with Gasteiger partial charge in [-0.1, -0.05) is 6.07 Å². The molecular weight excluding hydrogens is 324 g/mol. The van der Waals surface area contributed by atoms with Crippen molar-refractivity contribution in [2.45, 2.75) is 63.3 Å². The van der Waals surface area contributed by atoms with Gasteiger partial charge in [0, 0.05) is 12.3 Å². The van der Waals surface area contributed by atoms with Gasteiger partial charge in [-0.05, 0) is 51.3 Å². The Hall–Kier alpha value is -2.08. The molecule has 2 aliphatic rings. The SMILES string of the molecule is COc1cc([C@H]2C[C@H]3CCC(=O)[C@]2(C(=O)OC(C)(C)C)O3)ccc1O. The lowest BCUT2D eigenvalue weighted by Gasteiger charge is -2.36. The zero-order chi connectivity index (χ0) is 18.4. The number of esters is 1. The number of ketones is 1. The number of benzene rings is 1. The van der Waals surface area contributed by atoms with E-state index in [4.69, 9.17) is 14.2 Å². The third-order valence-electron chi connectivity index (χ3n) is 4.76. The molecular formula is C19H24O6. The zero-order valence-corrected chi connectivity index (χ0v) is 15.0.